The third-order valence-corrected chi connectivity index (χ3v) is 13.9. The third-order valence-electron chi connectivity index (χ3n) is 13.2. The molecule has 0 radical (unpaired) electrons. The lowest BCUT2D eigenvalue weighted by molar-refractivity contribution is -0.00424. The number of nitrogens with zero attached hydrogens (tertiary/aromatic N) is 11. The molecule has 1 saturated carbocycles. The van der Waals surface area contributed by atoms with Crippen LogP contribution in [0.25, 0.3) is 10.9 Å². The van der Waals surface area contributed by atoms with Crippen molar-refractivity contribution in [3.63, 3.8) is 0 Å². The van der Waals surface area contributed by atoms with E-state index in [9.17, 15) is 4.79 Å². The van der Waals surface area contributed by atoms with Crippen LogP contribution in [-0.2, 0) is 38.6 Å². The number of amides is 1. The van der Waals surface area contributed by atoms with Gasteiger partial charge in [0, 0.05) is 42.8 Å². The highest BCUT2D eigenvalue weighted by Crippen LogP contribution is 2.39. The second kappa shape index (κ2) is 28.0. The minimum absolute atomic E-state index is 0.0271. The molecular formula is C52H73Cl2N13O6. The van der Waals surface area contributed by atoms with Gasteiger partial charge in [0.2, 0.25) is 0 Å². The second-order valence-electron chi connectivity index (χ2n) is 19.9. The maximum absolute atomic E-state index is 12.9. The van der Waals surface area contributed by atoms with Gasteiger partial charge in [-0.1, -0.05) is 68.2 Å². The molecule has 7 rings (SSSR count). The topological polar surface area (TPSA) is 192 Å². The smallest absolute Gasteiger partial charge is 0.316 e. The number of rotatable bonds is 28. The summed E-state index contributed by atoms with van der Waals surface area (Å²) in [4.78, 5) is 36.0. The SMILES string of the molecule is C[C@H]1CN(c2ccc(Cl)c(Cl)c2)N=C1NC(=O)c1cnc(OCc2cn(CCOCCOCCOCCOCCN(C)CCCNc3nc(CN(C)C4CCC(C(C)(C)C)CC4)nc4ccccc34)nn2)nc1. The summed E-state index contributed by atoms with van der Waals surface area (Å²) in [5.74, 6) is 2.71. The molecule has 21 heteroatoms. The first kappa shape index (κ1) is 55.6. The zero-order chi connectivity index (χ0) is 51.6. The number of carbonyl (C=O) groups is 1. The van der Waals surface area contributed by atoms with Crippen molar-refractivity contribution in [2.24, 2.45) is 22.4 Å². The van der Waals surface area contributed by atoms with Gasteiger partial charge in [-0.05, 0) is 94.4 Å². The molecule has 0 unspecified atom stereocenters. The van der Waals surface area contributed by atoms with Gasteiger partial charge in [0.15, 0.2) is 0 Å². The monoisotopic (exact) mass is 1050 g/mol. The number of hydrogen-bond acceptors (Lipinski definition) is 17. The van der Waals surface area contributed by atoms with Gasteiger partial charge < -0.3 is 39.2 Å². The summed E-state index contributed by atoms with van der Waals surface area (Å²) in [6.45, 7) is 17.7. The zero-order valence-corrected chi connectivity index (χ0v) is 44.8. The number of para-hydroxylation sites is 1. The normalized spacial score (nSPS) is 17.2. The van der Waals surface area contributed by atoms with Crippen molar-refractivity contribution < 1.29 is 28.5 Å². The van der Waals surface area contributed by atoms with Crippen LogP contribution in [0.5, 0.6) is 6.01 Å². The van der Waals surface area contributed by atoms with Crippen LogP contribution >= 0.6 is 23.2 Å². The van der Waals surface area contributed by atoms with E-state index in [-0.39, 0.29) is 30.0 Å². The molecule has 73 heavy (non-hydrogen) atoms. The number of amidine groups is 1. The molecule has 1 aliphatic heterocycles. The average molecular weight is 1050 g/mol. The number of aromatic nitrogens is 7. The molecule has 1 aliphatic carbocycles. The molecule has 396 valence electrons. The molecule has 5 aromatic rings. The van der Waals surface area contributed by atoms with E-state index in [1.54, 1.807) is 28.0 Å². The summed E-state index contributed by atoms with van der Waals surface area (Å²) in [5.41, 5.74) is 3.00. The molecule has 1 atom stereocenters. The number of hydrogen-bond donors (Lipinski definition) is 2. The molecular weight excluding hydrogens is 974 g/mol. The molecule has 2 aliphatic rings. The van der Waals surface area contributed by atoms with E-state index in [2.05, 4.69) is 98.9 Å². The summed E-state index contributed by atoms with van der Waals surface area (Å²) >= 11 is 12.2. The second-order valence-corrected chi connectivity index (χ2v) is 20.7. The fraction of sp³-hybridized carbons (Fsp3) is 0.577. The number of ether oxygens (including phenoxy) is 5. The predicted molar refractivity (Wildman–Crippen MR) is 284 cm³/mol. The van der Waals surface area contributed by atoms with Gasteiger partial charge in [-0.3, -0.25) is 14.7 Å². The number of hydrazone groups is 1. The number of anilines is 2. The predicted octanol–water partition coefficient (Wildman–Crippen LogP) is 7.63. The van der Waals surface area contributed by atoms with E-state index in [4.69, 9.17) is 56.9 Å². The van der Waals surface area contributed by atoms with Crippen molar-refractivity contribution in [1.29, 1.82) is 0 Å². The number of benzene rings is 2. The molecule has 3 aromatic heterocycles. The average Bonchev–Trinajstić information content (AvgIpc) is 4.00. The Morgan fingerprint density at radius 1 is 0.849 bits per heavy atom. The first-order valence-corrected chi connectivity index (χ1v) is 26.2. The summed E-state index contributed by atoms with van der Waals surface area (Å²) < 4.78 is 30.2. The molecule has 1 fully saturated rings. The van der Waals surface area contributed by atoms with Crippen molar-refractivity contribution in [1.82, 2.24) is 50.0 Å². The highest BCUT2D eigenvalue weighted by molar-refractivity contribution is 6.42. The molecule has 19 nitrogen and oxygen atoms in total. The fourth-order valence-electron chi connectivity index (χ4n) is 8.79. The molecule has 4 heterocycles. The van der Waals surface area contributed by atoms with Gasteiger partial charge in [-0.2, -0.15) is 5.10 Å². The molecule has 0 saturated heterocycles. The van der Waals surface area contributed by atoms with Gasteiger partial charge in [0.25, 0.3) is 5.91 Å². The van der Waals surface area contributed by atoms with Gasteiger partial charge in [-0.25, -0.2) is 24.6 Å². The maximum atomic E-state index is 12.9. The Morgan fingerprint density at radius 3 is 2.26 bits per heavy atom. The van der Waals surface area contributed by atoms with Crippen LogP contribution in [0.4, 0.5) is 11.5 Å². The Bertz CT molecular complexity index is 2520. The Labute approximate surface area is 439 Å². The number of carbonyl (C=O) groups excluding carboxylic acids is 1. The highest BCUT2D eigenvalue weighted by Gasteiger charge is 2.31. The van der Waals surface area contributed by atoms with Crippen molar-refractivity contribution in [3.05, 3.63) is 88.2 Å². The van der Waals surface area contributed by atoms with Gasteiger partial charge in [0.05, 0.1) is 105 Å². The molecule has 2 aromatic carbocycles. The fourth-order valence-corrected chi connectivity index (χ4v) is 9.09. The van der Waals surface area contributed by atoms with Gasteiger partial charge in [0.1, 0.15) is 29.8 Å². The van der Waals surface area contributed by atoms with Crippen LogP contribution < -0.4 is 20.4 Å². The van der Waals surface area contributed by atoms with E-state index in [0.717, 1.165) is 66.8 Å². The van der Waals surface area contributed by atoms with Gasteiger partial charge in [-0.15, -0.1) is 5.10 Å². The number of likely N-dealkylation sites (N-methyl/N-ethyl adjacent to an activating group) is 1. The van der Waals surface area contributed by atoms with Crippen LogP contribution in [-0.4, -0.2) is 156 Å². The zero-order valence-electron chi connectivity index (χ0n) is 43.3. The summed E-state index contributed by atoms with van der Waals surface area (Å²) in [6.07, 6.45) is 10.6. The Kier molecular flexibility index (Phi) is 21.3. The van der Waals surface area contributed by atoms with Crippen LogP contribution in [0.3, 0.4) is 0 Å². The van der Waals surface area contributed by atoms with E-state index in [1.165, 1.54) is 38.1 Å². The number of halogens is 2. The quantitative estimate of drug-likeness (QED) is 0.0464. The number of fused-ring (bicyclic) bond motifs is 1. The van der Waals surface area contributed by atoms with Crippen molar-refractivity contribution in [2.75, 3.05) is 103 Å². The van der Waals surface area contributed by atoms with E-state index >= 15 is 0 Å². The minimum Gasteiger partial charge on any atom is -0.457 e. The lowest BCUT2D eigenvalue weighted by Gasteiger charge is -2.39. The minimum atomic E-state index is -0.382. The Morgan fingerprint density at radius 2 is 1.55 bits per heavy atom. The summed E-state index contributed by atoms with van der Waals surface area (Å²) in [5, 5.41) is 23.0. The highest BCUT2D eigenvalue weighted by atomic mass is 35.5. The van der Waals surface area contributed by atoms with E-state index in [1.807, 2.05) is 19.1 Å². The van der Waals surface area contributed by atoms with E-state index < -0.39 is 0 Å². The van der Waals surface area contributed by atoms with E-state index in [0.29, 0.717) is 99.0 Å². The first-order chi connectivity index (χ1) is 35.3. The Balaban J connectivity index is 0.663. The molecule has 2 N–H and O–H groups in total. The maximum Gasteiger partial charge on any atom is 0.316 e. The van der Waals surface area contributed by atoms with Crippen molar-refractivity contribution >= 4 is 57.4 Å². The third kappa shape index (κ3) is 17.5. The molecule has 0 bridgehead atoms. The van der Waals surface area contributed by atoms with Crippen LogP contribution in [0.1, 0.15) is 81.7 Å². The van der Waals surface area contributed by atoms with Crippen LogP contribution in [0, 0.1) is 17.3 Å². The van der Waals surface area contributed by atoms with Crippen LogP contribution in [0.2, 0.25) is 10.0 Å². The number of nitrogens with one attached hydrogen (secondary N) is 2. The largest absolute Gasteiger partial charge is 0.457 e. The van der Waals surface area contributed by atoms with Crippen molar-refractivity contribution in [2.45, 2.75) is 85.5 Å². The molecule has 1 amide bonds. The standard InChI is InChI=1S/C52H73Cl2N13O6/c1-37-33-67(42-16-17-44(53)45(54)30-42)62-48(37)60-50(68)38-31-56-51(57-32-38)73-36-40-34-66(63-61-40)21-23-70-25-27-72-29-28-71-26-24-69-22-20-64(5)19-9-18-55-49-43-10-7-8-11-46(43)58-47(59-49)35-65(6)41-14-12-39(13-15-41)52(2,3)4/h7-8,10-11,16-17,30-32,34,37,39,41H,9,12-15,18-29,33,35-36H2,1-6H3,(H,55,58,59)(H,60,62,68)/t37-,39?,41?/m0/s1. The Hall–Kier alpha value is -5.12. The van der Waals surface area contributed by atoms with Crippen LogP contribution in [0.15, 0.2) is 66.2 Å². The van der Waals surface area contributed by atoms with Gasteiger partial charge >= 0.3 is 6.01 Å². The van der Waals surface area contributed by atoms with Crippen molar-refractivity contribution in [3.8, 4) is 6.01 Å². The lowest BCUT2D eigenvalue weighted by atomic mass is 9.71. The lowest BCUT2D eigenvalue weighted by Crippen LogP contribution is -2.37. The first-order valence-electron chi connectivity index (χ1n) is 25.4. The molecule has 0 spiro atoms. The summed E-state index contributed by atoms with van der Waals surface area (Å²) in [7, 11) is 4.35. The summed E-state index contributed by atoms with van der Waals surface area (Å²) in [6, 6.07) is 14.2.